The zero-order chi connectivity index (χ0) is 14.2. The van der Waals surface area contributed by atoms with Crippen LogP contribution in [0.25, 0.3) is 11.0 Å². The van der Waals surface area contributed by atoms with Crippen molar-refractivity contribution in [3.8, 4) is 0 Å². The summed E-state index contributed by atoms with van der Waals surface area (Å²) in [5.41, 5.74) is 6.95. The maximum atomic E-state index is 12.5. The number of rotatable bonds is 3. The van der Waals surface area contributed by atoms with E-state index in [1.54, 1.807) is 18.2 Å². The number of hydrogen-bond donors (Lipinski definition) is 2. The van der Waals surface area contributed by atoms with Crippen molar-refractivity contribution in [2.24, 2.45) is 5.73 Å². The summed E-state index contributed by atoms with van der Waals surface area (Å²) in [6, 6.07) is 4.99. The van der Waals surface area contributed by atoms with Crippen LogP contribution in [0.5, 0.6) is 0 Å². The average Bonchev–Trinajstić information content (AvgIpc) is 2.85. The summed E-state index contributed by atoms with van der Waals surface area (Å²) in [5.74, 6) is 0. The summed E-state index contributed by atoms with van der Waals surface area (Å²) in [7, 11) is -3.58. The molecule has 0 saturated heterocycles. The molecule has 8 heteroatoms. The maximum absolute atomic E-state index is 12.5. The largest absolute Gasteiger partial charge is 0.328 e. The third kappa shape index (κ3) is 2.69. The molecule has 0 spiro atoms. The van der Waals surface area contributed by atoms with Gasteiger partial charge in [-0.15, -0.1) is 0 Å². The minimum atomic E-state index is -3.58. The first-order chi connectivity index (χ1) is 9.56. The Balaban J connectivity index is 1.90. The lowest BCUT2D eigenvalue weighted by Crippen LogP contribution is -2.42. The highest BCUT2D eigenvalue weighted by atomic mass is 32.2. The molecule has 1 aliphatic carbocycles. The molecular weight excluding hydrogens is 296 g/mol. The molecule has 0 aliphatic heterocycles. The molecule has 0 radical (unpaired) electrons. The van der Waals surface area contributed by atoms with Gasteiger partial charge in [-0.05, 0) is 31.4 Å². The van der Waals surface area contributed by atoms with Crippen molar-refractivity contribution < 1.29 is 8.42 Å². The van der Waals surface area contributed by atoms with E-state index in [4.69, 9.17) is 5.73 Å². The van der Waals surface area contributed by atoms with E-state index < -0.39 is 10.0 Å². The lowest BCUT2D eigenvalue weighted by atomic mass is 9.92. The average molecular weight is 312 g/mol. The van der Waals surface area contributed by atoms with Crippen molar-refractivity contribution in [3.63, 3.8) is 0 Å². The van der Waals surface area contributed by atoms with Gasteiger partial charge in [0.1, 0.15) is 15.9 Å². The van der Waals surface area contributed by atoms with Gasteiger partial charge in [0.25, 0.3) is 0 Å². The first kappa shape index (κ1) is 13.9. The third-order valence-corrected chi connectivity index (χ3v) is 5.67. The highest BCUT2D eigenvalue weighted by Gasteiger charge is 2.26. The lowest BCUT2D eigenvalue weighted by molar-refractivity contribution is 0.371. The molecule has 1 aromatic heterocycles. The molecule has 2 atom stereocenters. The fourth-order valence-electron chi connectivity index (χ4n) is 2.62. The van der Waals surface area contributed by atoms with Crippen molar-refractivity contribution in [2.45, 2.75) is 42.7 Å². The first-order valence-electron chi connectivity index (χ1n) is 6.55. The molecule has 1 aromatic carbocycles. The molecule has 1 aliphatic rings. The normalized spacial score (nSPS) is 24.1. The Morgan fingerprint density at radius 1 is 1.30 bits per heavy atom. The van der Waals surface area contributed by atoms with Crippen molar-refractivity contribution in [1.82, 2.24) is 13.5 Å². The smallest absolute Gasteiger partial charge is 0.243 e. The molecule has 0 amide bonds. The Morgan fingerprint density at radius 3 is 2.95 bits per heavy atom. The van der Waals surface area contributed by atoms with Gasteiger partial charge in [-0.2, -0.15) is 8.75 Å². The van der Waals surface area contributed by atoms with Crippen LogP contribution in [-0.2, 0) is 10.0 Å². The second kappa shape index (κ2) is 5.36. The summed E-state index contributed by atoms with van der Waals surface area (Å²) in [6.07, 6.45) is 3.43. The van der Waals surface area contributed by atoms with Crippen LogP contribution in [0.1, 0.15) is 25.7 Å². The van der Waals surface area contributed by atoms with Crippen LogP contribution < -0.4 is 10.5 Å². The molecule has 3 rings (SSSR count). The summed E-state index contributed by atoms with van der Waals surface area (Å²) < 4.78 is 35.9. The molecule has 1 saturated carbocycles. The molecule has 20 heavy (non-hydrogen) atoms. The van der Waals surface area contributed by atoms with Gasteiger partial charge in [0.2, 0.25) is 10.0 Å². The van der Waals surface area contributed by atoms with Crippen molar-refractivity contribution in [1.29, 1.82) is 0 Å². The quantitative estimate of drug-likeness (QED) is 0.888. The molecule has 2 aromatic rings. The highest BCUT2D eigenvalue weighted by molar-refractivity contribution is 7.89. The van der Waals surface area contributed by atoms with E-state index >= 15 is 0 Å². The highest BCUT2D eigenvalue weighted by Crippen LogP contribution is 2.23. The molecule has 0 bridgehead atoms. The zero-order valence-corrected chi connectivity index (χ0v) is 12.5. The third-order valence-electron chi connectivity index (χ3n) is 3.58. The van der Waals surface area contributed by atoms with Gasteiger partial charge in [-0.1, -0.05) is 12.5 Å². The van der Waals surface area contributed by atoms with Gasteiger partial charge in [-0.25, -0.2) is 13.1 Å². The Kier molecular flexibility index (Phi) is 3.72. The van der Waals surface area contributed by atoms with E-state index in [-0.39, 0.29) is 17.0 Å². The Morgan fingerprint density at radius 2 is 2.15 bits per heavy atom. The van der Waals surface area contributed by atoms with Gasteiger partial charge in [0, 0.05) is 12.1 Å². The summed E-state index contributed by atoms with van der Waals surface area (Å²) in [4.78, 5) is 0.197. The van der Waals surface area contributed by atoms with E-state index in [2.05, 4.69) is 13.5 Å². The van der Waals surface area contributed by atoms with Gasteiger partial charge in [0.15, 0.2) is 0 Å². The van der Waals surface area contributed by atoms with Gasteiger partial charge in [0.05, 0.1) is 11.7 Å². The molecule has 3 N–H and O–H groups in total. The van der Waals surface area contributed by atoms with Crippen LogP contribution in [0.2, 0.25) is 0 Å². The molecular formula is C12H16N4O2S2. The first-order valence-corrected chi connectivity index (χ1v) is 8.77. The molecule has 2 unspecified atom stereocenters. The number of sulfonamides is 1. The van der Waals surface area contributed by atoms with Crippen LogP contribution in [0, 0.1) is 0 Å². The van der Waals surface area contributed by atoms with E-state index in [1.807, 2.05) is 0 Å². The lowest BCUT2D eigenvalue weighted by Gasteiger charge is -2.27. The van der Waals surface area contributed by atoms with E-state index in [1.165, 1.54) is 0 Å². The molecule has 1 fully saturated rings. The Hall–Kier alpha value is -1.09. The summed E-state index contributed by atoms with van der Waals surface area (Å²) in [6.45, 7) is 0. The monoisotopic (exact) mass is 312 g/mol. The Labute approximate surface area is 121 Å². The van der Waals surface area contributed by atoms with E-state index in [0.717, 1.165) is 31.0 Å². The van der Waals surface area contributed by atoms with Crippen molar-refractivity contribution >= 4 is 32.8 Å². The summed E-state index contributed by atoms with van der Waals surface area (Å²) in [5, 5.41) is 0. The van der Waals surface area contributed by atoms with Crippen LogP contribution >= 0.6 is 11.7 Å². The van der Waals surface area contributed by atoms with Gasteiger partial charge >= 0.3 is 0 Å². The number of aromatic nitrogens is 2. The predicted molar refractivity (Wildman–Crippen MR) is 78.0 cm³/mol. The van der Waals surface area contributed by atoms with Crippen molar-refractivity contribution in [3.05, 3.63) is 18.2 Å². The number of hydrogen-bond acceptors (Lipinski definition) is 6. The predicted octanol–water partition coefficient (Wildman–Crippen LogP) is 1.24. The maximum Gasteiger partial charge on any atom is 0.243 e. The van der Waals surface area contributed by atoms with Gasteiger partial charge < -0.3 is 5.73 Å². The van der Waals surface area contributed by atoms with Crippen molar-refractivity contribution in [2.75, 3.05) is 0 Å². The molecule has 108 valence electrons. The van der Waals surface area contributed by atoms with Crippen LogP contribution in [0.4, 0.5) is 0 Å². The topological polar surface area (TPSA) is 98.0 Å². The number of benzene rings is 1. The Bertz CT molecular complexity index is 713. The second-order valence-corrected chi connectivity index (χ2v) is 7.34. The van der Waals surface area contributed by atoms with Crippen LogP contribution in [0.15, 0.2) is 23.1 Å². The summed E-state index contributed by atoms with van der Waals surface area (Å²) >= 11 is 1.02. The standard InChI is InChI=1S/C12H16N4O2S2/c13-8-3-1-4-9(7-8)16-20(17,18)11-6-2-5-10-12(11)15-19-14-10/h2,5-6,8-9,16H,1,3-4,7,13H2. The fraction of sp³-hybridized carbons (Fsp3) is 0.500. The number of nitrogens with one attached hydrogen (secondary N) is 1. The van der Waals surface area contributed by atoms with E-state index in [0.29, 0.717) is 17.5 Å². The number of nitrogens with zero attached hydrogens (tertiary/aromatic N) is 2. The second-order valence-electron chi connectivity index (χ2n) is 5.13. The van der Waals surface area contributed by atoms with Gasteiger partial charge in [-0.3, -0.25) is 0 Å². The molecule has 1 heterocycles. The zero-order valence-electron chi connectivity index (χ0n) is 10.8. The fourth-order valence-corrected chi connectivity index (χ4v) is 4.67. The molecule has 6 nitrogen and oxygen atoms in total. The van der Waals surface area contributed by atoms with Crippen LogP contribution in [-0.4, -0.2) is 29.2 Å². The van der Waals surface area contributed by atoms with E-state index in [9.17, 15) is 8.42 Å². The SMILES string of the molecule is NC1CCCC(NS(=O)(=O)c2cccc3nsnc23)C1. The minimum absolute atomic E-state index is 0.0770. The van der Waals surface area contributed by atoms with Crippen LogP contribution in [0.3, 0.4) is 0 Å². The number of nitrogens with two attached hydrogens (primary N) is 1. The minimum Gasteiger partial charge on any atom is -0.328 e. The number of fused-ring (bicyclic) bond motifs is 1.